The molecule has 118 valence electrons. The van der Waals surface area contributed by atoms with Gasteiger partial charge in [0, 0.05) is 11.3 Å². The highest BCUT2D eigenvalue weighted by Crippen LogP contribution is 2.35. The van der Waals surface area contributed by atoms with Crippen LogP contribution in [0.5, 0.6) is 0 Å². The van der Waals surface area contributed by atoms with E-state index in [0.29, 0.717) is 13.2 Å². The van der Waals surface area contributed by atoms with Crippen LogP contribution in [-0.4, -0.2) is 24.2 Å². The zero-order valence-electron chi connectivity index (χ0n) is 12.6. The lowest BCUT2D eigenvalue weighted by Crippen LogP contribution is -2.44. The maximum Gasteiger partial charge on any atom is 0.322 e. The molecular formula is C15H19N3O3S. The monoisotopic (exact) mass is 321 g/mol. The Morgan fingerprint density at radius 3 is 3.18 bits per heavy atom. The lowest BCUT2D eigenvalue weighted by molar-refractivity contribution is -0.0416. The predicted octanol–water partition coefficient (Wildman–Crippen LogP) is 2.91. The van der Waals surface area contributed by atoms with Crippen LogP contribution in [0.25, 0.3) is 0 Å². The van der Waals surface area contributed by atoms with Gasteiger partial charge in [-0.15, -0.1) is 11.3 Å². The smallest absolute Gasteiger partial charge is 0.322 e. The molecule has 0 aliphatic carbocycles. The third-order valence-corrected chi connectivity index (χ3v) is 4.77. The van der Waals surface area contributed by atoms with Gasteiger partial charge in [0.05, 0.1) is 18.8 Å². The van der Waals surface area contributed by atoms with Crippen molar-refractivity contribution in [1.82, 2.24) is 10.3 Å². The minimum atomic E-state index is -0.490. The molecule has 3 heterocycles. The Morgan fingerprint density at radius 1 is 1.55 bits per heavy atom. The van der Waals surface area contributed by atoms with Crippen LogP contribution in [-0.2, 0) is 23.2 Å². The quantitative estimate of drug-likeness (QED) is 0.908. The van der Waals surface area contributed by atoms with Crippen LogP contribution in [0.1, 0.15) is 30.0 Å². The summed E-state index contributed by atoms with van der Waals surface area (Å²) in [5, 5.41) is 7.49. The molecule has 1 aliphatic rings. The Balaban J connectivity index is 1.59. The SMILES string of the molecule is CCc1coc(NC(=O)NC[C@@]2(C)OCCc3sccc32)n1. The summed E-state index contributed by atoms with van der Waals surface area (Å²) in [6, 6.07) is 1.93. The molecule has 0 saturated carbocycles. The molecule has 22 heavy (non-hydrogen) atoms. The Hall–Kier alpha value is -1.86. The number of aromatic nitrogens is 1. The van der Waals surface area contributed by atoms with Crippen LogP contribution in [0.3, 0.4) is 0 Å². The number of carbonyl (C=O) groups excluding carboxylic acids is 1. The second-order valence-corrected chi connectivity index (χ2v) is 6.39. The molecule has 3 rings (SSSR count). The highest BCUT2D eigenvalue weighted by atomic mass is 32.1. The van der Waals surface area contributed by atoms with Crippen molar-refractivity contribution >= 4 is 23.4 Å². The number of amides is 2. The number of nitrogens with one attached hydrogen (secondary N) is 2. The molecule has 0 fully saturated rings. The molecule has 2 amide bonds. The fourth-order valence-corrected chi connectivity index (χ4v) is 3.50. The Labute approximate surface area is 132 Å². The number of anilines is 1. The second-order valence-electron chi connectivity index (χ2n) is 5.39. The van der Waals surface area contributed by atoms with Crippen molar-refractivity contribution in [2.75, 3.05) is 18.5 Å². The van der Waals surface area contributed by atoms with E-state index in [1.165, 1.54) is 4.88 Å². The van der Waals surface area contributed by atoms with E-state index in [2.05, 4.69) is 27.1 Å². The highest BCUT2D eigenvalue weighted by molar-refractivity contribution is 7.10. The first kappa shape index (κ1) is 15.1. The first-order chi connectivity index (χ1) is 10.6. The van der Waals surface area contributed by atoms with Crippen LogP contribution in [0, 0.1) is 0 Å². The fraction of sp³-hybridized carbons (Fsp3) is 0.467. The number of fused-ring (bicyclic) bond motifs is 1. The number of thiophene rings is 1. The van der Waals surface area contributed by atoms with Gasteiger partial charge in [0.2, 0.25) is 0 Å². The minimum Gasteiger partial charge on any atom is -0.432 e. The first-order valence-corrected chi connectivity index (χ1v) is 8.19. The van der Waals surface area contributed by atoms with Crippen LogP contribution in [0.4, 0.5) is 10.8 Å². The molecule has 0 bridgehead atoms. The summed E-state index contributed by atoms with van der Waals surface area (Å²) >= 11 is 1.74. The predicted molar refractivity (Wildman–Crippen MR) is 84.2 cm³/mol. The molecule has 2 aromatic heterocycles. The van der Waals surface area contributed by atoms with Crippen molar-refractivity contribution in [3.05, 3.63) is 33.8 Å². The van der Waals surface area contributed by atoms with Gasteiger partial charge in [-0.2, -0.15) is 4.98 Å². The number of aryl methyl sites for hydroxylation is 1. The summed E-state index contributed by atoms with van der Waals surface area (Å²) in [4.78, 5) is 17.4. The van der Waals surface area contributed by atoms with Gasteiger partial charge < -0.3 is 14.5 Å². The zero-order valence-corrected chi connectivity index (χ0v) is 13.5. The molecule has 0 saturated heterocycles. The third-order valence-electron chi connectivity index (χ3n) is 3.79. The number of nitrogens with zero attached hydrogens (tertiary/aromatic N) is 1. The number of ether oxygens (including phenoxy) is 1. The van der Waals surface area contributed by atoms with Crippen molar-refractivity contribution < 1.29 is 13.9 Å². The highest BCUT2D eigenvalue weighted by Gasteiger charge is 2.34. The summed E-state index contributed by atoms with van der Waals surface area (Å²) in [5.74, 6) is 0. The van der Waals surface area contributed by atoms with Gasteiger partial charge in [0.15, 0.2) is 0 Å². The van der Waals surface area contributed by atoms with E-state index in [1.807, 2.05) is 13.8 Å². The fourth-order valence-electron chi connectivity index (χ4n) is 2.52. The van der Waals surface area contributed by atoms with Gasteiger partial charge >= 0.3 is 12.0 Å². The normalized spacial score (nSPS) is 20.5. The van der Waals surface area contributed by atoms with Gasteiger partial charge in [-0.25, -0.2) is 4.79 Å². The molecule has 0 aromatic carbocycles. The zero-order chi connectivity index (χ0) is 15.6. The van der Waals surface area contributed by atoms with E-state index in [1.54, 1.807) is 17.6 Å². The maximum absolute atomic E-state index is 12.0. The Bertz CT molecular complexity index is 667. The maximum atomic E-state index is 12.0. The van der Waals surface area contributed by atoms with Crippen molar-refractivity contribution in [2.24, 2.45) is 0 Å². The summed E-state index contributed by atoms with van der Waals surface area (Å²) in [5.41, 5.74) is 1.48. The first-order valence-electron chi connectivity index (χ1n) is 7.31. The van der Waals surface area contributed by atoms with Gasteiger partial charge in [0.1, 0.15) is 11.9 Å². The van der Waals surface area contributed by atoms with E-state index in [9.17, 15) is 4.79 Å². The second kappa shape index (κ2) is 6.10. The molecule has 1 atom stereocenters. The van der Waals surface area contributed by atoms with Crippen LogP contribution in [0.2, 0.25) is 0 Å². The molecule has 1 aliphatic heterocycles. The van der Waals surface area contributed by atoms with E-state index in [4.69, 9.17) is 9.15 Å². The number of urea groups is 1. The molecule has 7 heteroatoms. The third kappa shape index (κ3) is 3.00. The van der Waals surface area contributed by atoms with E-state index in [-0.39, 0.29) is 12.0 Å². The van der Waals surface area contributed by atoms with Crippen molar-refractivity contribution in [1.29, 1.82) is 0 Å². The van der Waals surface area contributed by atoms with Crippen LogP contribution >= 0.6 is 11.3 Å². The topological polar surface area (TPSA) is 76.4 Å². The average Bonchev–Trinajstić information content (AvgIpc) is 3.15. The van der Waals surface area contributed by atoms with Gasteiger partial charge in [-0.3, -0.25) is 5.32 Å². The number of hydrogen-bond acceptors (Lipinski definition) is 5. The van der Waals surface area contributed by atoms with E-state index >= 15 is 0 Å². The molecule has 0 spiro atoms. The molecule has 0 unspecified atom stereocenters. The van der Waals surface area contributed by atoms with Gasteiger partial charge in [0.25, 0.3) is 0 Å². The molecular weight excluding hydrogens is 302 g/mol. The number of carbonyl (C=O) groups is 1. The number of oxazole rings is 1. The Morgan fingerprint density at radius 2 is 2.41 bits per heavy atom. The largest absolute Gasteiger partial charge is 0.432 e. The van der Waals surface area contributed by atoms with Crippen molar-refractivity contribution in [3.63, 3.8) is 0 Å². The van der Waals surface area contributed by atoms with E-state index < -0.39 is 5.60 Å². The van der Waals surface area contributed by atoms with Gasteiger partial charge in [-0.1, -0.05) is 6.92 Å². The summed E-state index contributed by atoms with van der Waals surface area (Å²) in [7, 11) is 0. The number of rotatable bonds is 4. The lowest BCUT2D eigenvalue weighted by Gasteiger charge is -2.34. The number of hydrogen-bond donors (Lipinski definition) is 2. The summed E-state index contributed by atoms with van der Waals surface area (Å²) in [6.07, 6.45) is 3.24. The van der Waals surface area contributed by atoms with Crippen molar-refractivity contribution in [2.45, 2.75) is 32.3 Å². The van der Waals surface area contributed by atoms with E-state index in [0.717, 1.165) is 24.1 Å². The lowest BCUT2D eigenvalue weighted by atomic mass is 9.93. The summed E-state index contributed by atoms with van der Waals surface area (Å²) < 4.78 is 11.1. The molecule has 2 aromatic rings. The van der Waals surface area contributed by atoms with Crippen LogP contribution in [0.15, 0.2) is 22.1 Å². The molecule has 0 radical (unpaired) electrons. The van der Waals surface area contributed by atoms with Crippen LogP contribution < -0.4 is 10.6 Å². The summed E-state index contributed by atoms with van der Waals surface area (Å²) in [6.45, 7) is 5.04. The Kier molecular flexibility index (Phi) is 4.17. The molecule has 2 N–H and O–H groups in total. The van der Waals surface area contributed by atoms with Gasteiger partial charge in [-0.05, 0) is 30.4 Å². The standard InChI is InChI=1S/C15H19N3O3S/c1-3-10-8-20-14(17-10)18-13(19)16-9-15(2)11-5-7-22-12(11)4-6-21-15/h5,7-8H,3-4,6,9H2,1-2H3,(H2,16,17,18,19)/t15-/m1/s1. The van der Waals surface area contributed by atoms with Crippen molar-refractivity contribution in [3.8, 4) is 0 Å². The molecule has 6 nitrogen and oxygen atoms in total. The average molecular weight is 321 g/mol. The minimum absolute atomic E-state index is 0.209.